The fourth-order valence-corrected chi connectivity index (χ4v) is 5.18. The lowest BCUT2D eigenvalue weighted by atomic mass is 10.3. The van der Waals surface area contributed by atoms with Crippen molar-refractivity contribution in [2.45, 2.75) is 31.1 Å². The van der Waals surface area contributed by atoms with Crippen LogP contribution in [0.2, 0.25) is 0 Å². The Morgan fingerprint density at radius 1 is 1.19 bits per heavy atom. The van der Waals surface area contributed by atoms with E-state index in [4.69, 9.17) is 4.74 Å². The number of hydrogen-bond acceptors (Lipinski definition) is 3. The zero-order chi connectivity index (χ0) is 15.9. The van der Waals surface area contributed by atoms with Gasteiger partial charge in [-0.15, -0.1) is 0 Å². The minimum Gasteiger partial charge on any atom is -0.381 e. The Bertz CT molecular complexity index is 544. The van der Waals surface area contributed by atoms with Crippen LogP contribution in [0.25, 0.3) is 0 Å². The van der Waals surface area contributed by atoms with E-state index >= 15 is 0 Å². The van der Waals surface area contributed by atoms with Gasteiger partial charge in [0, 0.05) is 28.7 Å². The Kier molecular flexibility index (Phi) is 8.33. The van der Waals surface area contributed by atoms with Crippen LogP contribution in [0, 0.1) is 5.82 Å². The standard InChI is InChI=1S/C13H18Br2FNO3S/c1-2-3-6-20-7-4-5-17-21(18,19)13-11(14)8-10(16)9-12(13)15/h8-9,17H,2-7H2,1H3. The second-order valence-electron chi connectivity index (χ2n) is 4.42. The highest BCUT2D eigenvalue weighted by atomic mass is 79.9. The Balaban J connectivity index is 2.55. The van der Waals surface area contributed by atoms with Crippen molar-refractivity contribution in [3.8, 4) is 0 Å². The van der Waals surface area contributed by atoms with E-state index < -0.39 is 15.8 Å². The molecule has 1 rings (SSSR count). The molecular formula is C13H18Br2FNO3S. The van der Waals surface area contributed by atoms with Crippen LogP contribution in [0.5, 0.6) is 0 Å². The summed E-state index contributed by atoms with van der Waals surface area (Å²) < 4.78 is 45.7. The Morgan fingerprint density at radius 3 is 2.33 bits per heavy atom. The van der Waals surface area contributed by atoms with Gasteiger partial charge in [0.2, 0.25) is 10.0 Å². The Hall–Kier alpha value is -0.0200. The van der Waals surface area contributed by atoms with Gasteiger partial charge in [0.25, 0.3) is 0 Å². The smallest absolute Gasteiger partial charge is 0.242 e. The zero-order valence-corrected chi connectivity index (χ0v) is 15.7. The molecular weight excluding hydrogens is 429 g/mol. The van der Waals surface area contributed by atoms with E-state index in [9.17, 15) is 12.8 Å². The van der Waals surface area contributed by atoms with Gasteiger partial charge >= 0.3 is 0 Å². The molecule has 0 unspecified atom stereocenters. The molecule has 21 heavy (non-hydrogen) atoms. The number of unbranched alkanes of at least 4 members (excludes halogenated alkanes) is 1. The van der Waals surface area contributed by atoms with E-state index in [1.807, 2.05) is 0 Å². The molecule has 1 aromatic rings. The maximum absolute atomic E-state index is 13.2. The first-order valence-corrected chi connectivity index (χ1v) is 9.67. The molecule has 0 bridgehead atoms. The molecule has 1 N–H and O–H groups in total. The summed E-state index contributed by atoms with van der Waals surface area (Å²) in [6.07, 6.45) is 2.65. The molecule has 0 atom stereocenters. The molecule has 4 nitrogen and oxygen atoms in total. The van der Waals surface area contributed by atoms with Crippen LogP contribution in [0.3, 0.4) is 0 Å². The number of halogens is 3. The molecule has 8 heteroatoms. The van der Waals surface area contributed by atoms with Crippen LogP contribution < -0.4 is 4.72 Å². The molecule has 0 saturated heterocycles. The molecule has 0 saturated carbocycles. The second-order valence-corrected chi connectivity index (χ2v) is 7.83. The quantitative estimate of drug-likeness (QED) is 0.586. The van der Waals surface area contributed by atoms with Gasteiger partial charge in [0.15, 0.2) is 0 Å². The topological polar surface area (TPSA) is 55.4 Å². The highest BCUT2D eigenvalue weighted by Gasteiger charge is 2.21. The summed E-state index contributed by atoms with van der Waals surface area (Å²) in [5.41, 5.74) is 0. The highest BCUT2D eigenvalue weighted by Crippen LogP contribution is 2.30. The van der Waals surface area contributed by atoms with E-state index in [1.165, 1.54) is 0 Å². The van der Waals surface area contributed by atoms with Crippen molar-refractivity contribution in [1.82, 2.24) is 4.72 Å². The number of rotatable bonds is 9. The lowest BCUT2D eigenvalue weighted by Crippen LogP contribution is -2.26. The number of hydrogen-bond donors (Lipinski definition) is 1. The number of benzene rings is 1. The minimum atomic E-state index is -3.70. The molecule has 0 aliphatic carbocycles. The lowest BCUT2D eigenvalue weighted by molar-refractivity contribution is 0.130. The summed E-state index contributed by atoms with van der Waals surface area (Å²) in [7, 11) is -3.70. The Morgan fingerprint density at radius 2 is 1.76 bits per heavy atom. The third kappa shape index (κ3) is 6.32. The maximum Gasteiger partial charge on any atom is 0.242 e. The van der Waals surface area contributed by atoms with Gasteiger partial charge in [0.1, 0.15) is 10.7 Å². The number of sulfonamides is 1. The molecule has 0 aromatic heterocycles. The van der Waals surface area contributed by atoms with Crippen molar-refractivity contribution in [3.05, 3.63) is 26.9 Å². The van der Waals surface area contributed by atoms with Crippen molar-refractivity contribution >= 4 is 41.9 Å². The lowest BCUT2D eigenvalue weighted by Gasteiger charge is -2.10. The predicted octanol–water partition coefficient (Wildman–Crippen LogP) is 3.84. The van der Waals surface area contributed by atoms with Gasteiger partial charge in [-0.05, 0) is 56.8 Å². The van der Waals surface area contributed by atoms with Crippen molar-refractivity contribution in [2.75, 3.05) is 19.8 Å². The van der Waals surface area contributed by atoms with Gasteiger partial charge in [-0.2, -0.15) is 0 Å². The highest BCUT2D eigenvalue weighted by molar-refractivity contribution is 9.11. The summed E-state index contributed by atoms with van der Waals surface area (Å²) in [6.45, 7) is 3.55. The van der Waals surface area contributed by atoms with Crippen LogP contribution >= 0.6 is 31.9 Å². The van der Waals surface area contributed by atoms with Crippen LogP contribution in [0.1, 0.15) is 26.2 Å². The first kappa shape index (κ1) is 19.0. The van der Waals surface area contributed by atoms with Gasteiger partial charge in [0.05, 0.1) is 0 Å². The van der Waals surface area contributed by atoms with E-state index in [2.05, 4.69) is 43.5 Å². The minimum absolute atomic E-state index is 0.00389. The van der Waals surface area contributed by atoms with E-state index in [0.717, 1.165) is 25.0 Å². The largest absolute Gasteiger partial charge is 0.381 e. The Labute approximate surface area is 141 Å². The summed E-state index contributed by atoms with van der Waals surface area (Å²) in [6, 6.07) is 2.24. The molecule has 0 radical (unpaired) electrons. The fraction of sp³-hybridized carbons (Fsp3) is 0.538. The third-order valence-electron chi connectivity index (χ3n) is 2.63. The molecule has 0 fully saturated rings. The molecule has 1 aromatic carbocycles. The number of ether oxygens (including phenoxy) is 1. The van der Waals surface area contributed by atoms with Crippen molar-refractivity contribution in [2.24, 2.45) is 0 Å². The SMILES string of the molecule is CCCCOCCCNS(=O)(=O)c1c(Br)cc(F)cc1Br. The van der Waals surface area contributed by atoms with Gasteiger partial charge in [-0.3, -0.25) is 0 Å². The van der Waals surface area contributed by atoms with E-state index in [0.29, 0.717) is 19.6 Å². The average Bonchev–Trinajstić information content (AvgIpc) is 2.35. The van der Waals surface area contributed by atoms with E-state index in [1.54, 1.807) is 0 Å². The van der Waals surface area contributed by atoms with Crippen LogP contribution in [-0.2, 0) is 14.8 Å². The van der Waals surface area contributed by atoms with Crippen molar-refractivity contribution < 1.29 is 17.5 Å². The summed E-state index contributed by atoms with van der Waals surface area (Å²) in [5.74, 6) is -0.517. The van der Waals surface area contributed by atoms with Gasteiger partial charge in [-0.25, -0.2) is 17.5 Å². The molecule has 0 heterocycles. The molecule has 0 aliphatic rings. The zero-order valence-electron chi connectivity index (χ0n) is 11.7. The van der Waals surface area contributed by atoms with Crippen LogP contribution in [0.15, 0.2) is 26.0 Å². The van der Waals surface area contributed by atoms with Gasteiger partial charge in [-0.1, -0.05) is 13.3 Å². The third-order valence-corrected chi connectivity index (χ3v) is 5.97. The maximum atomic E-state index is 13.2. The normalized spacial score (nSPS) is 11.8. The first-order valence-electron chi connectivity index (χ1n) is 6.60. The van der Waals surface area contributed by atoms with Crippen LogP contribution in [-0.4, -0.2) is 28.2 Å². The summed E-state index contributed by atoms with van der Waals surface area (Å²) in [5, 5.41) is 0. The molecule has 0 aliphatic heterocycles. The fourth-order valence-electron chi connectivity index (χ4n) is 1.59. The monoisotopic (exact) mass is 445 g/mol. The predicted molar refractivity (Wildman–Crippen MR) is 87.3 cm³/mol. The van der Waals surface area contributed by atoms with Crippen molar-refractivity contribution in [1.29, 1.82) is 0 Å². The molecule has 0 spiro atoms. The second kappa shape index (κ2) is 9.19. The average molecular weight is 447 g/mol. The van der Waals surface area contributed by atoms with Gasteiger partial charge < -0.3 is 4.74 Å². The summed E-state index contributed by atoms with van der Waals surface area (Å²) in [4.78, 5) is -0.00389. The molecule has 0 amide bonds. The molecule has 120 valence electrons. The van der Waals surface area contributed by atoms with E-state index in [-0.39, 0.29) is 20.4 Å². The van der Waals surface area contributed by atoms with Crippen molar-refractivity contribution in [3.63, 3.8) is 0 Å². The number of nitrogens with one attached hydrogen (secondary N) is 1. The van der Waals surface area contributed by atoms with Crippen LogP contribution in [0.4, 0.5) is 4.39 Å². The first-order chi connectivity index (χ1) is 9.88. The summed E-state index contributed by atoms with van der Waals surface area (Å²) >= 11 is 6.14.